The monoisotopic (exact) mass is 344 g/mol. The van der Waals surface area contributed by atoms with E-state index in [0.29, 0.717) is 5.56 Å². The number of aryl methyl sites for hydroxylation is 2. The first-order valence-corrected chi connectivity index (χ1v) is 7.92. The highest BCUT2D eigenvalue weighted by Gasteiger charge is 2.68. The van der Waals surface area contributed by atoms with Crippen molar-refractivity contribution in [1.82, 2.24) is 0 Å². The molecule has 2 fully saturated rings. The zero-order chi connectivity index (χ0) is 18.1. The van der Waals surface area contributed by atoms with Gasteiger partial charge in [-0.3, -0.25) is 19.7 Å². The summed E-state index contributed by atoms with van der Waals surface area (Å²) < 4.78 is 5.66. The van der Waals surface area contributed by atoms with Gasteiger partial charge in [-0.15, -0.1) is 0 Å². The number of carbonyl (C=O) groups is 2. The molecule has 4 rings (SSSR count). The number of benzene rings is 1. The van der Waals surface area contributed by atoms with Gasteiger partial charge in [0.2, 0.25) is 11.8 Å². The van der Waals surface area contributed by atoms with Crippen LogP contribution in [0.2, 0.25) is 0 Å². The van der Waals surface area contributed by atoms with Crippen molar-refractivity contribution < 1.29 is 24.4 Å². The Morgan fingerprint density at radius 3 is 2.60 bits per heavy atom. The summed E-state index contributed by atoms with van der Waals surface area (Å²) in [5.41, 5.74) is -0.0844. The maximum atomic E-state index is 13.0. The maximum Gasteiger partial charge on any atom is 0.293 e. The minimum Gasteiger partial charge on any atom is -0.393 e. The van der Waals surface area contributed by atoms with E-state index in [1.165, 1.54) is 12.1 Å². The fourth-order valence-electron chi connectivity index (χ4n) is 4.03. The van der Waals surface area contributed by atoms with Gasteiger partial charge in [0.1, 0.15) is 11.3 Å². The van der Waals surface area contributed by atoms with Gasteiger partial charge in [0.05, 0.1) is 29.5 Å². The number of amides is 2. The molecule has 3 aliphatic rings. The molecular weight excluding hydrogens is 328 g/mol. The lowest BCUT2D eigenvalue weighted by Crippen LogP contribution is -2.43. The molecule has 8 heteroatoms. The van der Waals surface area contributed by atoms with Gasteiger partial charge in [-0.25, -0.2) is 4.90 Å². The van der Waals surface area contributed by atoms with Crippen molar-refractivity contribution in [1.29, 1.82) is 0 Å². The third-order valence-electron chi connectivity index (χ3n) is 5.43. The Bertz CT molecular complexity index is 863. The number of hydrogen-bond acceptors (Lipinski definition) is 6. The summed E-state index contributed by atoms with van der Waals surface area (Å²) in [6.07, 6.45) is 2.69. The normalized spacial score (nSPS) is 32.6. The van der Waals surface area contributed by atoms with Crippen molar-refractivity contribution in [2.24, 2.45) is 11.8 Å². The first-order chi connectivity index (χ1) is 11.8. The summed E-state index contributed by atoms with van der Waals surface area (Å²) in [6, 6.07) is 2.86. The summed E-state index contributed by atoms with van der Waals surface area (Å²) in [7, 11) is 0. The Balaban J connectivity index is 1.85. The molecule has 0 radical (unpaired) electrons. The first-order valence-electron chi connectivity index (χ1n) is 7.92. The smallest absolute Gasteiger partial charge is 0.293 e. The molecule has 2 amide bonds. The topological polar surface area (TPSA) is 110 Å². The minimum atomic E-state index is -1.22. The van der Waals surface area contributed by atoms with Crippen LogP contribution in [0.4, 0.5) is 11.4 Å². The fraction of sp³-hybridized carbons (Fsp3) is 0.412. The Labute approximate surface area is 142 Å². The van der Waals surface area contributed by atoms with Crippen LogP contribution in [0.5, 0.6) is 0 Å². The number of fused-ring (bicyclic) bond motifs is 5. The van der Waals surface area contributed by atoms with Crippen LogP contribution in [0.25, 0.3) is 0 Å². The minimum absolute atomic E-state index is 0.0232. The molecule has 1 aromatic rings. The molecule has 1 aromatic carbocycles. The second-order valence-electron chi connectivity index (χ2n) is 6.75. The molecule has 0 aromatic heterocycles. The summed E-state index contributed by atoms with van der Waals surface area (Å²) in [5.74, 6) is -2.71. The molecule has 0 spiro atoms. The van der Waals surface area contributed by atoms with E-state index in [9.17, 15) is 24.8 Å². The van der Waals surface area contributed by atoms with Gasteiger partial charge in [-0.2, -0.15) is 0 Å². The molecule has 2 bridgehead atoms. The molecule has 3 heterocycles. The van der Waals surface area contributed by atoms with Crippen LogP contribution >= 0.6 is 0 Å². The third-order valence-corrected chi connectivity index (χ3v) is 5.43. The molecule has 0 aliphatic carbocycles. The molecule has 3 aliphatic heterocycles. The number of ether oxygens (including phenoxy) is 1. The van der Waals surface area contributed by atoms with Crippen molar-refractivity contribution in [3.05, 3.63) is 45.5 Å². The highest BCUT2D eigenvalue weighted by molar-refractivity contribution is 6.24. The van der Waals surface area contributed by atoms with Crippen LogP contribution in [0.3, 0.4) is 0 Å². The number of hydrogen-bond donors (Lipinski definition) is 1. The van der Waals surface area contributed by atoms with Crippen molar-refractivity contribution in [3.8, 4) is 0 Å². The van der Waals surface area contributed by atoms with Gasteiger partial charge in [-0.05, 0) is 31.0 Å². The Hall–Kier alpha value is -2.58. The predicted octanol–water partition coefficient (Wildman–Crippen LogP) is 1.02. The van der Waals surface area contributed by atoms with E-state index in [0.717, 1.165) is 10.5 Å². The number of nitrogens with zero attached hydrogens (tertiary/aromatic N) is 2. The van der Waals surface area contributed by atoms with Crippen LogP contribution in [0, 0.1) is 35.8 Å². The highest BCUT2D eigenvalue weighted by atomic mass is 16.6. The summed E-state index contributed by atoms with van der Waals surface area (Å²) in [4.78, 5) is 37.6. The number of nitro groups is 1. The van der Waals surface area contributed by atoms with Crippen molar-refractivity contribution >= 4 is 23.2 Å². The van der Waals surface area contributed by atoms with E-state index in [2.05, 4.69) is 0 Å². The van der Waals surface area contributed by atoms with E-state index in [-0.39, 0.29) is 11.4 Å². The molecular formula is C17H16N2O6. The molecule has 8 nitrogen and oxygen atoms in total. The van der Waals surface area contributed by atoms with E-state index in [1.807, 2.05) is 0 Å². The quantitative estimate of drug-likeness (QED) is 0.379. The average Bonchev–Trinajstić information content (AvgIpc) is 3.21. The largest absolute Gasteiger partial charge is 0.393 e. The van der Waals surface area contributed by atoms with Crippen LogP contribution in [-0.2, 0) is 14.3 Å². The van der Waals surface area contributed by atoms with E-state index in [4.69, 9.17) is 4.74 Å². The highest BCUT2D eigenvalue weighted by Crippen LogP contribution is 2.53. The van der Waals surface area contributed by atoms with E-state index < -0.39 is 46.9 Å². The average molecular weight is 344 g/mol. The lowest BCUT2D eigenvalue weighted by atomic mass is 9.77. The lowest BCUT2D eigenvalue weighted by Gasteiger charge is -2.26. The fourth-order valence-corrected chi connectivity index (χ4v) is 4.03. The molecule has 130 valence electrons. The van der Waals surface area contributed by atoms with Crippen LogP contribution in [0.1, 0.15) is 11.1 Å². The van der Waals surface area contributed by atoms with Gasteiger partial charge in [0.25, 0.3) is 5.69 Å². The van der Waals surface area contributed by atoms with Gasteiger partial charge < -0.3 is 9.84 Å². The van der Waals surface area contributed by atoms with Crippen LogP contribution in [-0.4, -0.2) is 40.2 Å². The molecule has 0 saturated carbocycles. The number of anilines is 1. The number of nitro benzene ring substituents is 1. The zero-order valence-corrected chi connectivity index (χ0v) is 13.6. The SMILES string of the molecule is Cc1cc(N2C(=O)[C@@H]3[C@H]4C=C[C@@](CO)(O4)[C@H]3C2=O)c([N+](=O)[O-])cc1C. The van der Waals surface area contributed by atoms with Crippen LogP contribution < -0.4 is 4.90 Å². The predicted molar refractivity (Wildman–Crippen MR) is 85.9 cm³/mol. The Morgan fingerprint density at radius 1 is 1.28 bits per heavy atom. The molecule has 2 saturated heterocycles. The van der Waals surface area contributed by atoms with Gasteiger partial charge in [0, 0.05) is 6.07 Å². The molecule has 4 atom stereocenters. The van der Waals surface area contributed by atoms with Gasteiger partial charge in [0.15, 0.2) is 0 Å². The zero-order valence-electron chi connectivity index (χ0n) is 13.6. The Kier molecular flexibility index (Phi) is 3.16. The number of carbonyl (C=O) groups excluding carboxylic acids is 2. The van der Waals surface area contributed by atoms with E-state index >= 15 is 0 Å². The van der Waals surface area contributed by atoms with E-state index in [1.54, 1.807) is 26.0 Å². The van der Waals surface area contributed by atoms with Crippen molar-refractivity contribution in [2.45, 2.75) is 25.6 Å². The number of rotatable bonds is 3. The number of imide groups is 1. The van der Waals surface area contributed by atoms with Crippen molar-refractivity contribution in [2.75, 3.05) is 11.5 Å². The second kappa shape index (κ2) is 4.96. The number of aliphatic hydroxyl groups excluding tert-OH is 1. The van der Waals surface area contributed by atoms with Gasteiger partial charge in [-0.1, -0.05) is 12.2 Å². The molecule has 25 heavy (non-hydrogen) atoms. The summed E-state index contributed by atoms with van der Waals surface area (Å²) >= 11 is 0. The van der Waals surface area contributed by atoms with Crippen molar-refractivity contribution in [3.63, 3.8) is 0 Å². The third kappa shape index (κ3) is 1.89. The maximum absolute atomic E-state index is 13.0. The Morgan fingerprint density at radius 2 is 1.96 bits per heavy atom. The molecule has 1 N–H and O–H groups in total. The first kappa shape index (κ1) is 15.9. The lowest BCUT2D eigenvalue weighted by molar-refractivity contribution is -0.384. The summed E-state index contributed by atoms with van der Waals surface area (Å²) in [6.45, 7) is 3.06. The summed E-state index contributed by atoms with van der Waals surface area (Å²) in [5, 5.41) is 21.1. The standard InChI is InChI=1S/C17H16N2O6/c1-8-5-10(11(19(23)24)6-9(8)2)18-15(21)13-12-3-4-17(7-20,25-12)14(13)16(18)22/h3-6,12-14,20H,7H2,1-2H3/t12-,13-,14-,17+/m1/s1. The number of aliphatic hydroxyl groups is 1. The second-order valence-corrected chi connectivity index (χ2v) is 6.75. The van der Waals surface area contributed by atoms with Crippen LogP contribution in [0.15, 0.2) is 24.3 Å². The molecule has 0 unspecified atom stereocenters. The van der Waals surface area contributed by atoms with Gasteiger partial charge >= 0.3 is 0 Å².